The Morgan fingerprint density at radius 2 is 1.94 bits per heavy atom. The second-order valence-electron chi connectivity index (χ2n) is 3.30. The molecule has 2 amide bonds. The van der Waals surface area contributed by atoms with Crippen molar-refractivity contribution in [2.45, 2.75) is 0 Å². The van der Waals surface area contributed by atoms with E-state index in [4.69, 9.17) is 23.2 Å². The monoisotopic (exact) mass is 290 g/mol. The van der Waals surface area contributed by atoms with Crippen LogP contribution >= 0.6 is 23.2 Å². The molecule has 0 unspecified atom stereocenters. The number of aromatic hydroxyl groups is 1. The highest BCUT2D eigenvalue weighted by Crippen LogP contribution is 2.34. The van der Waals surface area contributed by atoms with Gasteiger partial charge in [0.05, 0.1) is 10.0 Å². The molecule has 0 saturated heterocycles. The fraction of sp³-hybridized carbons (Fsp3) is 0.100. The summed E-state index contributed by atoms with van der Waals surface area (Å²) in [6.07, 6.45) is 1.55. The summed E-state index contributed by atoms with van der Waals surface area (Å²) < 4.78 is 0. The molecule has 0 aromatic heterocycles. The number of phenolic OH excluding ortho intramolecular Hbond substituents is 1. The predicted octanol–water partition coefficient (Wildman–Crippen LogP) is 2.62. The number of hydrogen-bond donors (Lipinski definition) is 3. The second-order valence-corrected chi connectivity index (χ2v) is 4.12. The van der Waals surface area contributed by atoms with Crippen LogP contribution in [0.25, 0.3) is 0 Å². The van der Waals surface area contributed by atoms with Gasteiger partial charge in [0.2, 0.25) is 5.88 Å². The molecule has 1 aromatic rings. The van der Waals surface area contributed by atoms with E-state index in [9.17, 15) is 9.90 Å². The average Bonchev–Trinajstić information content (AvgIpc) is 2.78. The number of carbonyl (C=O) groups is 1. The standard InChI is InChI=1S/C10H8Cl2N2O4/c11-6-3-5(4-7(12)9(6)15)13-10(16)14-8-1-2-17-18-8/h1,3-4,15H,2H2,(H2,13,14,16). The molecule has 0 fully saturated rings. The van der Waals surface area contributed by atoms with Gasteiger partial charge in [-0.3, -0.25) is 5.32 Å². The summed E-state index contributed by atoms with van der Waals surface area (Å²) in [5, 5.41) is 14.3. The summed E-state index contributed by atoms with van der Waals surface area (Å²) in [6, 6.07) is 2.18. The minimum atomic E-state index is -0.551. The molecule has 6 nitrogen and oxygen atoms in total. The zero-order valence-corrected chi connectivity index (χ0v) is 10.4. The lowest BCUT2D eigenvalue weighted by molar-refractivity contribution is -0.236. The zero-order valence-electron chi connectivity index (χ0n) is 8.87. The molecule has 1 heterocycles. The summed E-state index contributed by atoms with van der Waals surface area (Å²) in [5.74, 6) is -0.0389. The van der Waals surface area contributed by atoms with Crippen LogP contribution in [0.4, 0.5) is 10.5 Å². The van der Waals surface area contributed by atoms with Gasteiger partial charge in [-0.1, -0.05) is 23.2 Å². The molecule has 18 heavy (non-hydrogen) atoms. The van der Waals surface area contributed by atoms with Crippen molar-refractivity contribution in [1.82, 2.24) is 5.32 Å². The van der Waals surface area contributed by atoms with E-state index in [2.05, 4.69) is 20.4 Å². The van der Waals surface area contributed by atoms with Crippen LogP contribution in [0.15, 0.2) is 24.1 Å². The summed E-state index contributed by atoms with van der Waals surface area (Å²) >= 11 is 11.4. The van der Waals surface area contributed by atoms with Gasteiger partial charge in [-0.05, 0) is 12.1 Å². The molecule has 0 atom stereocenters. The first-order valence-corrected chi connectivity index (χ1v) is 5.57. The van der Waals surface area contributed by atoms with E-state index in [1.165, 1.54) is 12.1 Å². The fourth-order valence-electron chi connectivity index (χ4n) is 1.23. The lowest BCUT2D eigenvalue weighted by Crippen LogP contribution is -2.28. The lowest BCUT2D eigenvalue weighted by atomic mass is 10.3. The third-order valence-electron chi connectivity index (χ3n) is 2.00. The quantitative estimate of drug-likeness (QED) is 0.578. The molecular formula is C10H8Cl2N2O4. The Kier molecular flexibility index (Phi) is 3.81. The number of urea groups is 1. The van der Waals surface area contributed by atoms with Crippen molar-refractivity contribution < 1.29 is 19.7 Å². The summed E-state index contributed by atoms with van der Waals surface area (Å²) in [7, 11) is 0. The summed E-state index contributed by atoms with van der Waals surface area (Å²) in [6.45, 7) is 0.270. The SMILES string of the molecule is O=C(NC1=CCOO1)Nc1cc(Cl)c(O)c(Cl)c1. The van der Waals surface area contributed by atoms with Crippen molar-refractivity contribution in [1.29, 1.82) is 0 Å². The summed E-state index contributed by atoms with van der Waals surface area (Å²) in [5.41, 5.74) is 0.333. The second kappa shape index (κ2) is 5.34. The van der Waals surface area contributed by atoms with Crippen LogP contribution in [0, 0.1) is 0 Å². The highest BCUT2D eigenvalue weighted by molar-refractivity contribution is 6.37. The number of anilines is 1. The number of rotatable bonds is 2. The van der Waals surface area contributed by atoms with E-state index in [0.29, 0.717) is 5.69 Å². The third-order valence-corrected chi connectivity index (χ3v) is 2.57. The van der Waals surface area contributed by atoms with Gasteiger partial charge in [0.25, 0.3) is 0 Å². The first kappa shape index (κ1) is 12.8. The Labute approximate surface area is 112 Å². The van der Waals surface area contributed by atoms with E-state index in [1.54, 1.807) is 6.08 Å². The van der Waals surface area contributed by atoms with Gasteiger partial charge in [0.1, 0.15) is 6.61 Å². The molecule has 1 aliphatic rings. The fourth-order valence-corrected chi connectivity index (χ4v) is 1.71. The van der Waals surface area contributed by atoms with E-state index in [0.717, 1.165) is 0 Å². The molecule has 0 bridgehead atoms. The molecular weight excluding hydrogens is 283 g/mol. The van der Waals surface area contributed by atoms with Crippen LogP contribution in [-0.4, -0.2) is 17.7 Å². The number of carbonyl (C=O) groups excluding carboxylic acids is 1. The largest absolute Gasteiger partial charge is 0.505 e. The maximum atomic E-state index is 11.5. The minimum absolute atomic E-state index is 0.0393. The Morgan fingerprint density at radius 3 is 2.50 bits per heavy atom. The van der Waals surface area contributed by atoms with E-state index < -0.39 is 6.03 Å². The predicted molar refractivity (Wildman–Crippen MR) is 65.4 cm³/mol. The molecule has 0 aliphatic carbocycles. The van der Waals surface area contributed by atoms with Crippen LogP contribution in [0.2, 0.25) is 10.0 Å². The third kappa shape index (κ3) is 2.98. The average molecular weight is 291 g/mol. The highest BCUT2D eigenvalue weighted by Gasteiger charge is 2.12. The maximum absolute atomic E-state index is 11.5. The van der Waals surface area contributed by atoms with Crippen molar-refractivity contribution >= 4 is 34.9 Å². The number of amides is 2. The van der Waals surface area contributed by atoms with E-state index in [-0.39, 0.29) is 28.3 Å². The Bertz CT molecular complexity index is 496. The van der Waals surface area contributed by atoms with Gasteiger partial charge in [0.15, 0.2) is 5.75 Å². The van der Waals surface area contributed by atoms with Gasteiger partial charge in [-0.2, -0.15) is 4.89 Å². The first-order valence-electron chi connectivity index (χ1n) is 4.82. The highest BCUT2D eigenvalue weighted by atomic mass is 35.5. The molecule has 1 aliphatic heterocycles. The number of benzene rings is 1. The van der Waals surface area contributed by atoms with Crippen LogP contribution in [-0.2, 0) is 9.78 Å². The number of hydrogen-bond acceptors (Lipinski definition) is 4. The zero-order chi connectivity index (χ0) is 13.1. The molecule has 8 heteroatoms. The number of halogens is 2. The molecule has 2 rings (SSSR count). The Morgan fingerprint density at radius 1 is 1.28 bits per heavy atom. The smallest absolute Gasteiger partial charge is 0.326 e. The molecule has 0 saturated carbocycles. The van der Waals surface area contributed by atoms with E-state index in [1.807, 2.05) is 0 Å². The number of phenols is 1. The maximum Gasteiger partial charge on any atom is 0.326 e. The Balaban J connectivity index is 2.02. The van der Waals surface area contributed by atoms with Crippen molar-refractivity contribution in [2.24, 2.45) is 0 Å². The molecule has 3 N–H and O–H groups in total. The van der Waals surface area contributed by atoms with Crippen LogP contribution < -0.4 is 10.6 Å². The van der Waals surface area contributed by atoms with Crippen LogP contribution in [0.3, 0.4) is 0 Å². The van der Waals surface area contributed by atoms with Gasteiger partial charge in [0, 0.05) is 11.8 Å². The first-order chi connectivity index (χ1) is 8.56. The minimum Gasteiger partial charge on any atom is -0.505 e. The lowest BCUT2D eigenvalue weighted by Gasteiger charge is -2.08. The summed E-state index contributed by atoms with van der Waals surface area (Å²) in [4.78, 5) is 20.7. The molecule has 96 valence electrons. The van der Waals surface area contributed by atoms with E-state index >= 15 is 0 Å². The van der Waals surface area contributed by atoms with Gasteiger partial charge in [-0.15, -0.1) is 0 Å². The van der Waals surface area contributed by atoms with Gasteiger partial charge >= 0.3 is 6.03 Å². The Hall–Kier alpha value is -1.63. The van der Waals surface area contributed by atoms with Gasteiger partial charge < -0.3 is 15.3 Å². The van der Waals surface area contributed by atoms with Crippen LogP contribution in [0.5, 0.6) is 5.75 Å². The normalized spacial score (nSPS) is 13.8. The number of nitrogens with one attached hydrogen (secondary N) is 2. The van der Waals surface area contributed by atoms with Crippen molar-refractivity contribution in [3.63, 3.8) is 0 Å². The van der Waals surface area contributed by atoms with Crippen molar-refractivity contribution in [3.8, 4) is 5.75 Å². The molecule has 0 radical (unpaired) electrons. The van der Waals surface area contributed by atoms with Crippen molar-refractivity contribution in [3.05, 3.63) is 34.1 Å². The molecule has 1 aromatic carbocycles. The van der Waals surface area contributed by atoms with Crippen molar-refractivity contribution in [2.75, 3.05) is 11.9 Å². The topological polar surface area (TPSA) is 79.8 Å². The van der Waals surface area contributed by atoms with Crippen LogP contribution in [0.1, 0.15) is 0 Å². The van der Waals surface area contributed by atoms with Gasteiger partial charge in [-0.25, -0.2) is 4.79 Å². The molecule has 0 spiro atoms.